The summed E-state index contributed by atoms with van der Waals surface area (Å²) in [5.41, 5.74) is 0. The van der Waals surface area contributed by atoms with Crippen molar-refractivity contribution in [2.75, 3.05) is 26.7 Å². The summed E-state index contributed by atoms with van der Waals surface area (Å²) >= 11 is 1.38. The first-order valence-corrected chi connectivity index (χ1v) is 10.8. The zero-order chi connectivity index (χ0) is 19.2. The summed E-state index contributed by atoms with van der Waals surface area (Å²) in [5, 5.41) is 4.87. The van der Waals surface area contributed by atoms with Gasteiger partial charge in [0, 0.05) is 32.1 Å². The van der Waals surface area contributed by atoms with Crippen molar-refractivity contribution in [2.45, 2.75) is 51.0 Å². The quantitative estimate of drug-likeness (QED) is 0.838. The molecule has 148 valence electrons. The first-order valence-electron chi connectivity index (χ1n) is 9.91. The second-order valence-corrected chi connectivity index (χ2v) is 8.59. The lowest BCUT2D eigenvalue weighted by Crippen LogP contribution is -2.50. The van der Waals surface area contributed by atoms with Gasteiger partial charge in [0.05, 0.1) is 11.4 Å². The zero-order valence-corrected chi connectivity index (χ0v) is 16.8. The summed E-state index contributed by atoms with van der Waals surface area (Å²) in [6.07, 6.45) is 7.21. The minimum atomic E-state index is -0.139. The molecule has 1 aromatic rings. The van der Waals surface area contributed by atoms with Gasteiger partial charge in [0.15, 0.2) is 0 Å². The van der Waals surface area contributed by atoms with Crippen LogP contribution in [-0.4, -0.2) is 60.2 Å². The van der Waals surface area contributed by atoms with Crippen LogP contribution in [0.3, 0.4) is 0 Å². The van der Waals surface area contributed by atoms with Gasteiger partial charge < -0.3 is 15.1 Å². The maximum atomic E-state index is 12.6. The number of likely N-dealkylation sites (N-methyl/N-ethyl adjacent to an activating group) is 1. The molecule has 3 rings (SSSR count). The van der Waals surface area contributed by atoms with E-state index in [2.05, 4.69) is 5.32 Å². The number of likely N-dealkylation sites (tertiary alicyclic amines) is 1. The Bertz CT molecular complexity index is 647. The molecule has 0 unspecified atom stereocenters. The fourth-order valence-corrected chi connectivity index (χ4v) is 4.72. The van der Waals surface area contributed by atoms with Crippen LogP contribution in [0.1, 0.15) is 54.6 Å². The summed E-state index contributed by atoms with van der Waals surface area (Å²) in [5.74, 6) is 0.245. The van der Waals surface area contributed by atoms with E-state index in [1.165, 1.54) is 35.5 Å². The molecule has 1 aromatic heterocycles. The molecule has 2 heterocycles. The van der Waals surface area contributed by atoms with Crippen LogP contribution < -0.4 is 5.32 Å². The molecule has 7 heteroatoms. The maximum absolute atomic E-state index is 12.6. The Morgan fingerprint density at radius 3 is 2.48 bits per heavy atom. The lowest BCUT2D eigenvalue weighted by molar-refractivity contribution is -0.137. The van der Waals surface area contributed by atoms with Gasteiger partial charge in [-0.15, -0.1) is 11.3 Å². The van der Waals surface area contributed by atoms with Crippen molar-refractivity contribution in [3.63, 3.8) is 0 Å². The molecule has 3 amide bonds. The third kappa shape index (κ3) is 5.31. The number of hydrogen-bond acceptors (Lipinski definition) is 4. The van der Waals surface area contributed by atoms with Crippen LogP contribution in [0.5, 0.6) is 0 Å². The van der Waals surface area contributed by atoms with Gasteiger partial charge in [-0.3, -0.25) is 14.4 Å². The Morgan fingerprint density at radius 2 is 1.85 bits per heavy atom. The van der Waals surface area contributed by atoms with Crippen LogP contribution in [0.15, 0.2) is 17.5 Å². The second-order valence-electron chi connectivity index (χ2n) is 7.64. The highest BCUT2D eigenvalue weighted by molar-refractivity contribution is 7.12. The van der Waals surface area contributed by atoms with Crippen LogP contribution in [-0.2, 0) is 9.59 Å². The number of rotatable bonds is 5. The lowest BCUT2D eigenvalue weighted by Gasteiger charge is -2.35. The predicted molar refractivity (Wildman–Crippen MR) is 106 cm³/mol. The standard InChI is InChI=1S/C20H29N3O3S/c1-22(20(26)17-8-5-13-27-17)14-18(24)21-16-9-11-23(12-10-16)19(25)15-6-3-2-4-7-15/h5,8,13,15-16H,2-4,6-7,9-12,14H2,1H3,(H,21,24). The lowest BCUT2D eigenvalue weighted by atomic mass is 9.87. The SMILES string of the molecule is CN(CC(=O)NC1CCN(C(=O)C2CCCCC2)CC1)C(=O)c1cccs1. The van der Waals surface area contributed by atoms with Gasteiger partial charge in [-0.25, -0.2) is 0 Å². The van der Waals surface area contributed by atoms with E-state index >= 15 is 0 Å². The van der Waals surface area contributed by atoms with Crippen LogP contribution in [0.25, 0.3) is 0 Å². The molecule has 0 atom stereocenters. The number of piperidine rings is 1. The van der Waals surface area contributed by atoms with Crippen molar-refractivity contribution < 1.29 is 14.4 Å². The van der Waals surface area contributed by atoms with Crippen molar-refractivity contribution in [1.29, 1.82) is 0 Å². The first-order chi connectivity index (χ1) is 13.0. The topological polar surface area (TPSA) is 69.7 Å². The molecule has 6 nitrogen and oxygen atoms in total. The van der Waals surface area contributed by atoms with Crippen molar-refractivity contribution >= 4 is 29.1 Å². The van der Waals surface area contributed by atoms with E-state index in [1.807, 2.05) is 16.3 Å². The van der Waals surface area contributed by atoms with Gasteiger partial charge in [0.1, 0.15) is 0 Å². The molecule has 0 aromatic carbocycles. The predicted octanol–water partition coefficient (Wildman–Crippen LogP) is 2.51. The minimum absolute atomic E-state index is 0.0535. The Morgan fingerprint density at radius 1 is 1.15 bits per heavy atom. The second kappa shape index (κ2) is 9.35. The van der Waals surface area contributed by atoms with E-state index in [0.717, 1.165) is 25.7 Å². The monoisotopic (exact) mass is 391 g/mol. The van der Waals surface area contributed by atoms with E-state index < -0.39 is 0 Å². The average Bonchev–Trinajstić information content (AvgIpc) is 3.22. The minimum Gasteiger partial charge on any atom is -0.352 e. The molecule has 0 radical (unpaired) electrons. The van der Waals surface area contributed by atoms with Gasteiger partial charge in [0.2, 0.25) is 11.8 Å². The molecule has 1 N–H and O–H groups in total. The third-order valence-corrected chi connectivity index (χ3v) is 6.44. The fraction of sp³-hybridized carbons (Fsp3) is 0.650. The van der Waals surface area contributed by atoms with E-state index in [0.29, 0.717) is 23.9 Å². The third-order valence-electron chi connectivity index (χ3n) is 5.59. The molecule has 2 fully saturated rings. The molecule has 27 heavy (non-hydrogen) atoms. The van der Waals surface area contributed by atoms with Crippen molar-refractivity contribution in [3.05, 3.63) is 22.4 Å². The van der Waals surface area contributed by atoms with E-state index in [9.17, 15) is 14.4 Å². The van der Waals surface area contributed by atoms with E-state index in [4.69, 9.17) is 0 Å². The van der Waals surface area contributed by atoms with Crippen molar-refractivity contribution in [2.24, 2.45) is 5.92 Å². The van der Waals surface area contributed by atoms with E-state index in [-0.39, 0.29) is 30.3 Å². The van der Waals surface area contributed by atoms with Crippen LogP contribution >= 0.6 is 11.3 Å². The number of thiophene rings is 1. The molecule has 2 aliphatic rings. The van der Waals surface area contributed by atoms with Gasteiger partial charge in [-0.2, -0.15) is 0 Å². The van der Waals surface area contributed by atoms with Crippen molar-refractivity contribution in [3.8, 4) is 0 Å². The Labute approximate surface area is 164 Å². The number of carbonyl (C=O) groups is 3. The van der Waals surface area contributed by atoms with Crippen LogP contribution in [0, 0.1) is 5.92 Å². The molecule has 0 bridgehead atoms. The number of nitrogens with zero attached hydrogens (tertiary/aromatic N) is 2. The van der Waals surface area contributed by atoms with Crippen LogP contribution in [0.2, 0.25) is 0 Å². The number of hydrogen-bond donors (Lipinski definition) is 1. The number of carbonyl (C=O) groups excluding carboxylic acids is 3. The smallest absolute Gasteiger partial charge is 0.264 e. The first kappa shape index (κ1) is 19.9. The van der Waals surface area contributed by atoms with Gasteiger partial charge in [-0.1, -0.05) is 25.3 Å². The summed E-state index contributed by atoms with van der Waals surface area (Å²) < 4.78 is 0. The van der Waals surface area contributed by atoms with Gasteiger partial charge in [0.25, 0.3) is 5.91 Å². The summed E-state index contributed by atoms with van der Waals surface area (Å²) in [6.45, 7) is 1.48. The fourth-order valence-electron chi connectivity index (χ4n) is 4.00. The molecule has 0 spiro atoms. The highest BCUT2D eigenvalue weighted by Crippen LogP contribution is 2.26. The highest BCUT2D eigenvalue weighted by atomic mass is 32.1. The molecular formula is C20H29N3O3S. The highest BCUT2D eigenvalue weighted by Gasteiger charge is 2.29. The Balaban J connectivity index is 1.40. The largest absolute Gasteiger partial charge is 0.352 e. The van der Waals surface area contributed by atoms with Gasteiger partial charge in [-0.05, 0) is 37.1 Å². The van der Waals surface area contributed by atoms with Crippen LogP contribution in [0.4, 0.5) is 0 Å². The molecule has 1 aliphatic heterocycles. The summed E-state index contributed by atoms with van der Waals surface area (Å²) in [7, 11) is 1.65. The molecular weight excluding hydrogens is 362 g/mol. The molecule has 1 saturated carbocycles. The number of nitrogens with one attached hydrogen (secondary N) is 1. The van der Waals surface area contributed by atoms with Crippen molar-refractivity contribution in [1.82, 2.24) is 15.1 Å². The summed E-state index contributed by atoms with van der Waals surface area (Å²) in [6, 6.07) is 3.67. The number of amides is 3. The normalized spacial score (nSPS) is 18.9. The summed E-state index contributed by atoms with van der Waals surface area (Å²) in [4.78, 5) is 41.2. The maximum Gasteiger partial charge on any atom is 0.264 e. The van der Waals surface area contributed by atoms with Gasteiger partial charge >= 0.3 is 0 Å². The Kier molecular flexibility index (Phi) is 6.88. The average molecular weight is 392 g/mol. The zero-order valence-electron chi connectivity index (χ0n) is 16.0. The molecule has 1 aliphatic carbocycles. The Hall–Kier alpha value is -1.89. The van der Waals surface area contributed by atoms with E-state index in [1.54, 1.807) is 13.1 Å². The molecule has 1 saturated heterocycles.